The van der Waals surface area contributed by atoms with Gasteiger partial charge in [-0.25, -0.2) is 9.78 Å². The number of anilines is 1. The van der Waals surface area contributed by atoms with Gasteiger partial charge in [-0.2, -0.15) is 0 Å². The van der Waals surface area contributed by atoms with Crippen molar-refractivity contribution in [1.82, 2.24) is 4.98 Å². The monoisotopic (exact) mass is 246 g/mol. The molecule has 0 spiro atoms. The summed E-state index contributed by atoms with van der Waals surface area (Å²) in [5.74, 6) is 0.0489. The number of aromatic carboxylic acids is 1. The van der Waals surface area contributed by atoms with Gasteiger partial charge in [-0.1, -0.05) is 0 Å². The summed E-state index contributed by atoms with van der Waals surface area (Å²) in [7, 11) is 3.23. The summed E-state index contributed by atoms with van der Waals surface area (Å²) >= 11 is 0. The quantitative estimate of drug-likeness (QED) is 0.869. The van der Waals surface area contributed by atoms with Crippen molar-refractivity contribution in [2.75, 3.05) is 19.5 Å². The molecule has 0 aliphatic heterocycles. The van der Waals surface area contributed by atoms with E-state index in [1.165, 1.54) is 0 Å². The van der Waals surface area contributed by atoms with Gasteiger partial charge in [0.05, 0.1) is 12.6 Å². The molecule has 0 bridgehead atoms. The summed E-state index contributed by atoms with van der Waals surface area (Å²) in [6.07, 6.45) is 0. The number of methoxy groups -OCH3 is 1. The van der Waals surface area contributed by atoms with Crippen molar-refractivity contribution in [3.63, 3.8) is 0 Å². The molecule has 18 heavy (non-hydrogen) atoms. The van der Waals surface area contributed by atoms with Gasteiger partial charge in [0.25, 0.3) is 0 Å². The number of carboxylic acids is 1. The van der Waals surface area contributed by atoms with Gasteiger partial charge >= 0.3 is 5.97 Å². The molecule has 1 heterocycles. The largest absolute Gasteiger partial charge is 0.497 e. The van der Waals surface area contributed by atoms with Crippen LogP contribution >= 0.6 is 0 Å². The molecule has 0 aliphatic carbocycles. The van der Waals surface area contributed by atoms with Gasteiger partial charge in [-0.3, -0.25) is 0 Å². The van der Waals surface area contributed by atoms with E-state index in [4.69, 9.17) is 9.84 Å². The highest BCUT2D eigenvalue weighted by atomic mass is 16.5. The second kappa shape index (κ2) is 4.52. The molecule has 0 amide bonds. The first kappa shape index (κ1) is 12.2. The molecule has 0 saturated carbocycles. The predicted molar refractivity (Wildman–Crippen MR) is 69.5 cm³/mol. The molecule has 0 unspecified atom stereocenters. The van der Waals surface area contributed by atoms with E-state index in [0.29, 0.717) is 11.6 Å². The molecule has 2 aromatic rings. The zero-order valence-corrected chi connectivity index (χ0v) is 10.4. The Balaban J connectivity index is 2.78. The van der Waals surface area contributed by atoms with Gasteiger partial charge in [0.2, 0.25) is 0 Å². The van der Waals surface area contributed by atoms with Crippen LogP contribution in [0.2, 0.25) is 0 Å². The van der Waals surface area contributed by atoms with E-state index >= 15 is 0 Å². The number of nitrogens with zero attached hydrogens (tertiary/aromatic N) is 1. The van der Waals surface area contributed by atoms with E-state index in [1.807, 2.05) is 13.0 Å². The molecule has 0 saturated heterocycles. The number of hydrogen-bond acceptors (Lipinski definition) is 4. The zero-order valence-electron chi connectivity index (χ0n) is 10.4. The topological polar surface area (TPSA) is 71.5 Å². The lowest BCUT2D eigenvalue weighted by Crippen LogP contribution is -2.05. The third-order valence-corrected chi connectivity index (χ3v) is 2.78. The molecule has 94 valence electrons. The second-order valence-corrected chi connectivity index (χ2v) is 3.96. The molecule has 0 atom stereocenters. The van der Waals surface area contributed by atoms with Gasteiger partial charge in [-0.15, -0.1) is 0 Å². The number of aryl methyl sites for hydroxylation is 1. The van der Waals surface area contributed by atoms with E-state index in [9.17, 15) is 4.79 Å². The van der Waals surface area contributed by atoms with Gasteiger partial charge in [0, 0.05) is 12.4 Å². The fourth-order valence-corrected chi connectivity index (χ4v) is 1.90. The van der Waals surface area contributed by atoms with E-state index in [-0.39, 0.29) is 5.56 Å². The summed E-state index contributed by atoms with van der Waals surface area (Å²) in [5, 5.41) is 12.7. The third-order valence-electron chi connectivity index (χ3n) is 2.78. The Labute approximate surface area is 104 Å². The van der Waals surface area contributed by atoms with Gasteiger partial charge in [-0.05, 0) is 30.7 Å². The second-order valence-electron chi connectivity index (χ2n) is 3.96. The maximum atomic E-state index is 11.2. The number of hydrogen-bond donors (Lipinski definition) is 2. The van der Waals surface area contributed by atoms with E-state index in [2.05, 4.69) is 10.3 Å². The molecule has 2 rings (SSSR count). The SMILES string of the molecule is CNc1nc2c(C)cc(OC)cc2cc1C(=O)O. The van der Waals surface area contributed by atoms with Crippen LogP contribution in [-0.2, 0) is 0 Å². The Morgan fingerprint density at radius 2 is 2.11 bits per heavy atom. The van der Waals surface area contributed by atoms with Crippen molar-refractivity contribution in [3.8, 4) is 5.75 Å². The molecule has 5 nitrogen and oxygen atoms in total. The van der Waals surface area contributed by atoms with Crippen molar-refractivity contribution in [1.29, 1.82) is 0 Å². The third kappa shape index (κ3) is 1.95. The highest BCUT2D eigenvalue weighted by molar-refractivity contribution is 5.98. The van der Waals surface area contributed by atoms with Crippen LogP contribution in [-0.4, -0.2) is 30.2 Å². The number of pyridine rings is 1. The predicted octanol–water partition coefficient (Wildman–Crippen LogP) is 2.29. The summed E-state index contributed by atoms with van der Waals surface area (Å²) in [6, 6.07) is 5.25. The lowest BCUT2D eigenvalue weighted by Gasteiger charge is -2.10. The molecule has 0 aliphatic rings. The number of aromatic nitrogens is 1. The van der Waals surface area contributed by atoms with E-state index in [0.717, 1.165) is 16.5 Å². The van der Waals surface area contributed by atoms with Crippen LogP contribution in [0.15, 0.2) is 18.2 Å². The van der Waals surface area contributed by atoms with Crippen LogP contribution in [0.25, 0.3) is 10.9 Å². The van der Waals surface area contributed by atoms with Crippen molar-refractivity contribution >= 4 is 22.7 Å². The first-order valence-electron chi connectivity index (χ1n) is 5.47. The summed E-state index contributed by atoms with van der Waals surface area (Å²) in [4.78, 5) is 15.5. The lowest BCUT2D eigenvalue weighted by molar-refractivity contribution is 0.0698. The molecule has 0 fully saturated rings. The molecular weight excluding hydrogens is 232 g/mol. The minimum atomic E-state index is -1.01. The molecule has 1 aromatic carbocycles. The normalized spacial score (nSPS) is 10.4. The fourth-order valence-electron chi connectivity index (χ4n) is 1.90. The first-order valence-corrected chi connectivity index (χ1v) is 5.47. The van der Waals surface area contributed by atoms with Gasteiger partial charge < -0.3 is 15.2 Å². The summed E-state index contributed by atoms with van der Waals surface area (Å²) in [5.41, 5.74) is 1.86. The van der Waals surface area contributed by atoms with Crippen molar-refractivity contribution < 1.29 is 14.6 Å². The summed E-state index contributed by atoms with van der Waals surface area (Å²) < 4.78 is 5.17. The van der Waals surface area contributed by atoms with Gasteiger partial charge in [0.1, 0.15) is 17.1 Å². The minimum absolute atomic E-state index is 0.151. The van der Waals surface area contributed by atoms with Crippen LogP contribution in [0.3, 0.4) is 0 Å². The number of fused-ring (bicyclic) bond motifs is 1. The van der Waals surface area contributed by atoms with Crippen LogP contribution in [0.5, 0.6) is 5.75 Å². The molecular formula is C13H14N2O3. The fraction of sp³-hybridized carbons (Fsp3) is 0.231. The maximum Gasteiger partial charge on any atom is 0.339 e. The lowest BCUT2D eigenvalue weighted by atomic mass is 10.1. The first-order chi connectivity index (χ1) is 8.56. The maximum absolute atomic E-state index is 11.2. The Morgan fingerprint density at radius 3 is 2.67 bits per heavy atom. The van der Waals surface area contributed by atoms with E-state index < -0.39 is 5.97 Å². The van der Waals surface area contributed by atoms with Crippen LogP contribution in [0.1, 0.15) is 15.9 Å². The van der Waals surface area contributed by atoms with E-state index in [1.54, 1.807) is 26.3 Å². The molecule has 1 aromatic heterocycles. The number of carbonyl (C=O) groups is 1. The highest BCUT2D eigenvalue weighted by Gasteiger charge is 2.13. The average Bonchev–Trinajstić information content (AvgIpc) is 2.37. The van der Waals surface area contributed by atoms with Crippen LogP contribution in [0, 0.1) is 6.92 Å². The Morgan fingerprint density at radius 1 is 1.39 bits per heavy atom. The standard InChI is InChI=1S/C13H14N2O3/c1-7-4-9(18-3)5-8-6-10(13(16)17)12(14-2)15-11(7)8/h4-6H,1-3H3,(H,14,15)(H,16,17). The molecule has 0 radical (unpaired) electrons. The summed E-state index contributed by atoms with van der Waals surface area (Å²) in [6.45, 7) is 1.91. The Bertz CT molecular complexity index is 623. The number of nitrogens with one attached hydrogen (secondary N) is 1. The number of benzene rings is 1. The number of carboxylic acid groups (broad SMARTS) is 1. The molecule has 2 N–H and O–H groups in total. The Kier molecular flexibility index (Phi) is 3.06. The van der Waals surface area contributed by atoms with Crippen molar-refractivity contribution in [3.05, 3.63) is 29.3 Å². The Hall–Kier alpha value is -2.30. The molecule has 5 heteroatoms. The van der Waals surface area contributed by atoms with Gasteiger partial charge in [0.15, 0.2) is 0 Å². The highest BCUT2D eigenvalue weighted by Crippen LogP contribution is 2.27. The van der Waals surface area contributed by atoms with Crippen molar-refractivity contribution in [2.24, 2.45) is 0 Å². The van der Waals surface area contributed by atoms with Crippen LogP contribution in [0.4, 0.5) is 5.82 Å². The van der Waals surface area contributed by atoms with Crippen molar-refractivity contribution in [2.45, 2.75) is 6.92 Å². The number of rotatable bonds is 3. The average molecular weight is 246 g/mol. The van der Waals surface area contributed by atoms with Crippen LogP contribution < -0.4 is 10.1 Å². The number of ether oxygens (including phenoxy) is 1. The zero-order chi connectivity index (χ0) is 13.3. The smallest absolute Gasteiger partial charge is 0.339 e. The minimum Gasteiger partial charge on any atom is -0.497 e.